The van der Waals surface area contributed by atoms with Crippen LogP contribution in [0.15, 0.2) is 12.7 Å². The molecule has 0 aliphatic carbocycles. The summed E-state index contributed by atoms with van der Waals surface area (Å²) in [6, 6.07) is 0.152. The van der Waals surface area contributed by atoms with Crippen LogP contribution in [0.4, 0.5) is 0 Å². The van der Waals surface area contributed by atoms with Crippen molar-refractivity contribution in [3.63, 3.8) is 0 Å². The second kappa shape index (κ2) is 6.65. The highest BCUT2D eigenvalue weighted by molar-refractivity contribution is 5.76. The number of carbonyl (C=O) groups excluding carboxylic acids is 1. The molecule has 1 fully saturated rings. The van der Waals surface area contributed by atoms with Crippen molar-refractivity contribution in [2.75, 3.05) is 13.1 Å². The SMILES string of the molecule is CCC[C@H]1CN(C(=O)CCCn2cncn2)C[C@@H]1N. The van der Waals surface area contributed by atoms with Gasteiger partial charge < -0.3 is 10.6 Å². The summed E-state index contributed by atoms with van der Waals surface area (Å²) >= 11 is 0. The number of likely N-dealkylation sites (tertiary alicyclic amines) is 1. The van der Waals surface area contributed by atoms with Crippen molar-refractivity contribution in [3.8, 4) is 0 Å². The summed E-state index contributed by atoms with van der Waals surface area (Å²) in [5.41, 5.74) is 6.08. The standard InChI is InChI=1S/C13H23N5O/c1-2-4-11-7-17(8-12(11)14)13(19)5-3-6-18-10-15-9-16-18/h9-12H,2-8,14H2,1H3/t11-,12-/m0/s1. The van der Waals surface area contributed by atoms with Gasteiger partial charge in [-0.1, -0.05) is 13.3 Å². The lowest BCUT2D eigenvalue weighted by atomic mass is 9.99. The van der Waals surface area contributed by atoms with E-state index in [0.717, 1.165) is 32.4 Å². The third-order valence-corrected chi connectivity index (χ3v) is 3.75. The van der Waals surface area contributed by atoms with Gasteiger partial charge in [0.05, 0.1) is 0 Å². The number of carbonyl (C=O) groups is 1. The fourth-order valence-electron chi connectivity index (χ4n) is 2.67. The summed E-state index contributed by atoms with van der Waals surface area (Å²) in [5, 5.41) is 4.02. The van der Waals surface area contributed by atoms with E-state index in [1.165, 1.54) is 6.33 Å². The molecule has 1 amide bonds. The average Bonchev–Trinajstić information content (AvgIpc) is 3.01. The normalized spacial score (nSPS) is 22.9. The quantitative estimate of drug-likeness (QED) is 0.819. The zero-order valence-electron chi connectivity index (χ0n) is 11.5. The van der Waals surface area contributed by atoms with Gasteiger partial charge in [-0.25, -0.2) is 4.98 Å². The Bertz CT molecular complexity index is 392. The molecule has 0 unspecified atom stereocenters. The monoisotopic (exact) mass is 265 g/mol. The highest BCUT2D eigenvalue weighted by Crippen LogP contribution is 2.21. The molecule has 1 aromatic heterocycles. The summed E-state index contributed by atoms with van der Waals surface area (Å²) in [6.07, 6.45) is 6.79. The summed E-state index contributed by atoms with van der Waals surface area (Å²) in [5.74, 6) is 0.693. The number of nitrogens with two attached hydrogens (primary N) is 1. The van der Waals surface area contributed by atoms with E-state index in [2.05, 4.69) is 17.0 Å². The lowest BCUT2D eigenvalue weighted by Gasteiger charge is -2.16. The molecular formula is C13H23N5O. The van der Waals surface area contributed by atoms with Crippen LogP contribution < -0.4 is 5.73 Å². The van der Waals surface area contributed by atoms with Gasteiger partial charge in [-0.3, -0.25) is 9.48 Å². The van der Waals surface area contributed by atoms with Gasteiger partial charge in [0.15, 0.2) is 0 Å². The van der Waals surface area contributed by atoms with Crippen LogP contribution >= 0.6 is 0 Å². The number of aryl methyl sites for hydroxylation is 1. The van der Waals surface area contributed by atoms with Crippen molar-refractivity contribution in [1.29, 1.82) is 0 Å². The molecule has 1 saturated heterocycles. The van der Waals surface area contributed by atoms with Crippen LogP contribution in [0.1, 0.15) is 32.6 Å². The highest BCUT2D eigenvalue weighted by Gasteiger charge is 2.31. The zero-order chi connectivity index (χ0) is 13.7. The van der Waals surface area contributed by atoms with Crippen molar-refractivity contribution in [3.05, 3.63) is 12.7 Å². The molecule has 0 saturated carbocycles. The highest BCUT2D eigenvalue weighted by atomic mass is 16.2. The Labute approximate surface area is 114 Å². The third kappa shape index (κ3) is 3.76. The van der Waals surface area contributed by atoms with Gasteiger partial charge >= 0.3 is 0 Å². The minimum atomic E-state index is 0.152. The Morgan fingerprint density at radius 1 is 1.47 bits per heavy atom. The van der Waals surface area contributed by atoms with Crippen LogP contribution in [0.5, 0.6) is 0 Å². The second-order valence-electron chi connectivity index (χ2n) is 5.27. The molecule has 1 aliphatic rings. The van der Waals surface area contributed by atoms with Crippen molar-refractivity contribution in [1.82, 2.24) is 19.7 Å². The van der Waals surface area contributed by atoms with Gasteiger partial charge in [-0.05, 0) is 18.8 Å². The van der Waals surface area contributed by atoms with Crippen LogP contribution in [-0.2, 0) is 11.3 Å². The lowest BCUT2D eigenvalue weighted by Crippen LogP contribution is -2.32. The first-order valence-corrected chi connectivity index (χ1v) is 7.06. The van der Waals surface area contributed by atoms with E-state index in [1.54, 1.807) is 11.0 Å². The fourth-order valence-corrected chi connectivity index (χ4v) is 2.67. The van der Waals surface area contributed by atoms with E-state index in [9.17, 15) is 4.79 Å². The maximum Gasteiger partial charge on any atom is 0.222 e. The molecule has 6 nitrogen and oxygen atoms in total. The molecule has 2 rings (SSSR count). The van der Waals surface area contributed by atoms with Crippen molar-refractivity contribution < 1.29 is 4.79 Å². The van der Waals surface area contributed by atoms with E-state index in [4.69, 9.17) is 5.73 Å². The molecule has 2 atom stereocenters. The Morgan fingerprint density at radius 2 is 2.32 bits per heavy atom. The van der Waals surface area contributed by atoms with Gasteiger partial charge in [-0.2, -0.15) is 5.10 Å². The average molecular weight is 265 g/mol. The maximum atomic E-state index is 12.1. The molecule has 1 aliphatic heterocycles. The van der Waals surface area contributed by atoms with E-state index < -0.39 is 0 Å². The minimum Gasteiger partial charge on any atom is -0.341 e. The van der Waals surface area contributed by atoms with Gasteiger partial charge in [0.25, 0.3) is 0 Å². The first-order valence-electron chi connectivity index (χ1n) is 7.06. The Kier molecular flexibility index (Phi) is 4.90. The number of hydrogen-bond donors (Lipinski definition) is 1. The zero-order valence-corrected chi connectivity index (χ0v) is 11.5. The molecule has 2 N–H and O–H groups in total. The fraction of sp³-hybridized carbons (Fsp3) is 0.769. The number of nitrogens with zero attached hydrogens (tertiary/aromatic N) is 4. The molecule has 0 bridgehead atoms. The molecule has 106 valence electrons. The number of amides is 1. The molecule has 2 heterocycles. The van der Waals surface area contributed by atoms with Gasteiger partial charge in [0.2, 0.25) is 5.91 Å². The summed E-state index contributed by atoms with van der Waals surface area (Å²) in [6.45, 7) is 4.45. The van der Waals surface area contributed by atoms with Crippen LogP contribution in [0.3, 0.4) is 0 Å². The molecule has 0 radical (unpaired) electrons. The largest absolute Gasteiger partial charge is 0.341 e. The number of aromatic nitrogens is 3. The number of hydrogen-bond acceptors (Lipinski definition) is 4. The van der Waals surface area contributed by atoms with Crippen LogP contribution in [0.25, 0.3) is 0 Å². The van der Waals surface area contributed by atoms with Crippen molar-refractivity contribution in [2.24, 2.45) is 11.7 Å². The summed E-state index contributed by atoms with van der Waals surface area (Å²) < 4.78 is 1.75. The molecule has 0 aromatic carbocycles. The Morgan fingerprint density at radius 3 is 3.00 bits per heavy atom. The number of rotatable bonds is 6. The van der Waals surface area contributed by atoms with Gasteiger partial charge in [-0.15, -0.1) is 0 Å². The molecular weight excluding hydrogens is 242 g/mol. The molecule has 6 heteroatoms. The van der Waals surface area contributed by atoms with Crippen LogP contribution in [0, 0.1) is 5.92 Å². The van der Waals surface area contributed by atoms with Crippen LogP contribution in [-0.4, -0.2) is 44.7 Å². The van der Waals surface area contributed by atoms with E-state index >= 15 is 0 Å². The molecule has 19 heavy (non-hydrogen) atoms. The predicted molar refractivity (Wildman–Crippen MR) is 72.2 cm³/mol. The first kappa shape index (κ1) is 14.0. The molecule has 0 spiro atoms. The summed E-state index contributed by atoms with van der Waals surface area (Å²) in [4.78, 5) is 17.9. The lowest BCUT2D eigenvalue weighted by molar-refractivity contribution is -0.130. The Hall–Kier alpha value is -1.43. The summed E-state index contributed by atoms with van der Waals surface area (Å²) in [7, 11) is 0. The third-order valence-electron chi connectivity index (χ3n) is 3.75. The minimum absolute atomic E-state index is 0.152. The van der Waals surface area contributed by atoms with E-state index in [1.807, 2.05) is 4.90 Å². The predicted octanol–water partition coefficient (Wildman–Crippen LogP) is 0.644. The maximum absolute atomic E-state index is 12.1. The molecule has 1 aromatic rings. The van der Waals surface area contributed by atoms with Gasteiger partial charge in [0.1, 0.15) is 12.7 Å². The second-order valence-corrected chi connectivity index (χ2v) is 5.27. The van der Waals surface area contributed by atoms with Crippen molar-refractivity contribution in [2.45, 2.75) is 45.2 Å². The van der Waals surface area contributed by atoms with Crippen molar-refractivity contribution >= 4 is 5.91 Å². The van der Waals surface area contributed by atoms with E-state index in [-0.39, 0.29) is 11.9 Å². The topological polar surface area (TPSA) is 77.0 Å². The Balaban J connectivity index is 1.72. The van der Waals surface area contributed by atoms with E-state index in [0.29, 0.717) is 18.9 Å². The smallest absolute Gasteiger partial charge is 0.222 e. The van der Waals surface area contributed by atoms with Gasteiger partial charge in [0, 0.05) is 32.1 Å². The first-order chi connectivity index (χ1) is 9.20. The van der Waals surface area contributed by atoms with Crippen LogP contribution in [0.2, 0.25) is 0 Å².